The van der Waals surface area contributed by atoms with Crippen LogP contribution in [-0.4, -0.2) is 38.0 Å². The van der Waals surface area contributed by atoms with Gasteiger partial charge in [-0.2, -0.15) is 5.10 Å². The lowest BCUT2D eigenvalue weighted by molar-refractivity contribution is -0.114. The molecule has 0 radical (unpaired) electrons. The van der Waals surface area contributed by atoms with Crippen LogP contribution in [0.3, 0.4) is 0 Å². The maximum Gasteiger partial charge on any atom is 0.250 e. The van der Waals surface area contributed by atoms with Crippen LogP contribution in [0.25, 0.3) is 22.3 Å². The first-order valence-electron chi connectivity index (χ1n) is 10.4. The van der Waals surface area contributed by atoms with Gasteiger partial charge in [0.2, 0.25) is 5.91 Å². The van der Waals surface area contributed by atoms with Crippen LogP contribution in [0, 0.1) is 5.82 Å². The third-order valence-electron chi connectivity index (χ3n) is 5.24. The molecule has 4 aromatic rings. The summed E-state index contributed by atoms with van der Waals surface area (Å²) in [6, 6.07) is 13.1. The number of ketones is 1. The molecule has 0 spiro atoms. The van der Waals surface area contributed by atoms with Gasteiger partial charge in [-0.15, -0.1) is 0 Å². The number of nitrogen functional groups attached to an aromatic ring is 1. The van der Waals surface area contributed by atoms with Crippen LogP contribution in [0.1, 0.15) is 10.4 Å². The summed E-state index contributed by atoms with van der Waals surface area (Å²) < 4.78 is 15.9. The summed E-state index contributed by atoms with van der Waals surface area (Å²) in [7, 11) is 0. The molecule has 0 unspecified atom stereocenters. The average molecular weight is 456 g/mol. The summed E-state index contributed by atoms with van der Waals surface area (Å²) in [6.07, 6.45) is 3.66. The van der Waals surface area contributed by atoms with Gasteiger partial charge in [0.25, 0.3) is 0 Å². The number of carbonyl (C=O) groups is 2. The van der Waals surface area contributed by atoms with Crippen molar-refractivity contribution in [3.63, 3.8) is 0 Å². The lowest BCUT2D eigenvalue weighted by Gasteiger charge is -2.21. The minimum atomic E-state index is -0.604. The number of hydrogen-bond acceptors (Lipinski definition) is 6. The lowest BCUT2D eigenvalue weighted by atomic mass is 10.0. The molecule has 0 aliphatic heterocycles. The molecule has 0 atom stereocenters. The zero-order valence-electron chi connectivity index (χ0n) is 18.2. The number of carbonyl (C=O) groups excluding carboxylic acids is 2. The molecule has 34 heavy (non-hydrogen) atoms. The van der Waals surface area contributed by atoms with Gasteiger partial charge < -0.3 is 10.6 Å². The first-order valence-corrected chi connectivity index (χ1v) is 10.4. The van der Waals surface area contributed by atoms with Crippen molar-refractivity contribution in [2.24, 2.45) is 0 Å². The first kappa shape index (κ1) is 22.5. The van der Waals surface area contributed by atoms with Gasteiger partial charge in [0.05, 0.1) is 11.9 Å². The maximum absolute atomic E-state index is 14.3. The van der Waals surface area contributed by atoms with E-state index in [0.29, 0.717) is 28.0 Å². The zero-order valence-corrected chi connectivity index (χ0v) is 18.2. The fourth-order valence-electron chi connectivity index (χ4n) is 3.65. The Morgan fingerprint density at radius 3 is 2.56 bits per heavy atom. The van der Waals surface area contributed by atoms with Crippen LogP contribution < -0.4 is 10.6 Å². The molecular formula is C25H21FN6O2. The van der Waals surface area contributed by atoms with Crippen molar-refractivity contribution >= 4 is 34.2 Å². The smallest absolute Gasteiger partial charge is 0.250 e. The third kappa shape index (κ3) is 4.31. The van der Waals surface area contributed by atoms with Crippen molar-refractivity contribution < 1.29 is 14.0 Å². The van der Waals surface area contributed by atoms with Crippen LogP contribution in [0.4, 0.5) is 15.9 Å². The van der Waals surface area contributed by atoms with Gasteiger partial charge >= 0.3 is 0 Å². The molecule has 2 aromatic carbocycles. The molecule has 170 valence electrons. The second-order valence-corrected chi connectivity index (χ2v) is 7.36. The predicted molar refractivity (Wildman–Crippen MR) is 129 cm³/mol. The fraction of sp³-hybridized carbons (Fsp3) is 0.0800. The molecule has 0 fully saturated rings. The number of anilines is 2. The SMILES string of the molecule is C=CC(=O)c1cc(F)cc(-c2nn(CCN(C(=O)C=C)c3ccccc3)c3ncnc(N)c23)c1. The van der Waals surface area contributed by atoms with E-state index in [1.54, 1.807) is 9.58 Å². The molecule has 4 rings (SSSR count). The Labute approximate surface area is 194 Å². The van der Waals surface area contributed by atoms with E-state index >= 15 is 0 Å². The minimum absolute atomic E-state index is 0.134. The Kier molecular flexibility index (Phi) is 6.26. The number of rotatable bonds is 8. The summed E-state index contributed by atoms with van der Waals surface area (Å²) >= 11 is 0. The van der Waals surface area contributed by atoms with E-state index in [1.807, 2.05) is 30.3 Å². The summed E-state index contributed by atoms with van der Waals surface area (Å²) in [4.78, 5) is 34.5. The number of hydrogen-bond donors (Lipinski definition) is 1. The maximum atomic E-state index is 14.3. The molecule has 8 nitrogen and oxygen atoms in total. The van der Waals surface area contributed by atoms with Crippen molar-refractivity contribution in [1.82, 2.24) is 19.7 Å². The molecule has 0 saturated heterocycles. The number of para-hydroxylation sites is 1. The Balaban J connectivity index is 1.78. The van der Waals surface area contributed by atoms with Gasteiger partial charge in [0.15, 0.2) is 11.4 Å². The quantitative estimate of drug-likeness (QED) is 0.319. The van der Waals surface area contributed by atoms with Gasteiger partial charge in [0, 0.05) is 23.4 Å². The molecule has 2 heterocycles. The van der Waals surface area contributed by atoms with E-state index in [9.17, 15) is 14.0 Å². The second-order valence-electron chi connectivity index (χ2n) is 7.36. The Morgan fingerprint density at radius 1 is 1.09 bits per heavy atom. The van der Waals surface area contributed by atoms with Gasteiger partial charge in [-0.1, -0.05) is 31.4 Å². The largest absolute Gasteiger partial charge is 0.383 e. The molecule has 2 N–H and O–H groups in total. The van der Waals surface area contributed by atoms with Gasteiger partial charge in [-0.3, -0.25) is 9.59 Å². The van der Waals surface area contributed by atoms with E-state index < -0.39 is 11.6 Å². The van der Waals surface area contributed by atoms with E-state index in [-0.39, 0.29) is 30.4 Å². The van der Waals surface area contributed by atoms with Crippen molar-refractivity contribution in [3.05, 3.63) is 91.5 Å². The monoisotopic (exact) mass is 456 g/mol. The minimum Gasteiger partial charge on any atom is -0.383 e. The summed E-state index contributed by atoms with van der Waals surface area (Å²) in [5.74, 6) is -1.13. The van der Waals surface area contributed by atoms with Crippen LogP contribution in [0.2, 0.25) is 0 Å². The summed E-state index contributed by atoms with van der Waals surface area (Å²) in [5, 5.41) is 5.03. The highest BCUT2D eigenvalue weighted by molar-refractivity contribution is 6.06. The van der Waals surface area contributed by atoms with E-state index in [4.69, 9.17) is 5.73 Å². The molecule has 0 saturated carbocycles. The van der Waals surface area contributed by atoms with Crippen LogP contribution in [-0.2, 0) is 11.3 Å². The number of nitrogens with two attached hydrogens (primary N) is 1. The predicted octanol–water partition coefficient (Wildman–Crippen LogP) is 3.80. The van der Waals surface area contributed by atoms with Crippen LogP contribution in [0.15, 0.2) is 80.2 Å². The van der Waals surface area contributed by atoms with E-state index in [1.165, 1.54) is 24.5 Å². The van der Waals surface area contributed by atoms with Crippen LogP contribution in [0.5, 0.6) is 0 Å². The summed E-state index contributed by atoms with van der Waals surface area (Å²) in [6.45, 7) is 7.56. The molecule has 0 aliphatic carbocycles. The lowest BCUT2D eigenvalue weighted by Crippen LogP contribution is -2.32. The summed E-state index contributed by atoms with van der Waals surface area (Å²) in [5.41, 5.74) is 8.06. The Morgan fingerprint density at radius 2 is 1.85 bits per heavy atom. The Hall–Kier alpha value is -4.66. The molecule has 0 bridgehead atoms. The number of nitrogens with zero attached hydrogens (tertiary/aromatic N) is 5. The normalized spacial score (nSPS) is 10.7. The third-order valence-corrected chi connectivity index (χ3v) is 5.24. The van der Waals surface area contributed by atoms with E-state index in [0.717, 1.165) is 12.1 Å². The average Bonchev–Trinajstić information content (AvgIpc) is 3.23. The number of benzene rings is 2. The van der Waals surface area contributed by atoms with Crippen molar-refractivity contribution in [2.75, 3.05) is 17.2 Å². The molecule has 1 amide bonds. The standard InChI is InChI=1S/C25H21FN6O2/c1-3-20(33)16-12-17(14-18(26)13-16)23-22-24(27)28-15-29-25(22)32(30-23)11-10-31(21(34)4-2)19-8-6-5-7-9-19/h3-9,12-15H,1-2,10-11H2,(H2,27,28,29). The number of aromatic nitrogens is 4. The number of amides is 1. The number of allylic oxidation sites excluding steroid dienone is 1. The molecule has 2 aromatic heterocycles. The van der Waals surface area contributed by atoms with Gasteiger partial charge in [0.1, 0.15) is 23.7 Å². The van der Waals surface area contributed by atoms with E-state index in [2.05, 4.69) is 28.2 Å². The van der Waals surface area contributed by atoms with Gasteiger partial charge in [-0.25, -0.2) is 19.0 Å². The molecular weight excluding hydrogens is 435 g/mol. The second kappa shape index (κ2) is 9.45. The Bertz CT molecular complexity index is 1410. The van der Waals surface area contributed by atoms with Crippen molar-refractivity contribution in [2.45, 2.75) is 6.54 Å². The topological polar surface area (TPSA) is 107 Å². The van der Waals surface area contributed by atoms with Gasteiger partial charge in [-0.05, 0) is 42.5 Å². The fourth-order valence-corrected chi connectivity index (χ4v) is 3.65. The number of fused-ring (bicyclic) bond motifs is 1. The highest BCUT2D eigenvalue weighted by atomic mass is 19.1. The highest BCUT2D eigenvalue weighted by Gasteiger charge is 2.20. The molecule has 9 heteroatoms. The van der Waals surface area contributed by atoms with Crippen molar-refractivity contribution in [1.29, 1.82) is 0 Å². The van der Waals surface area contributed by atoms with Crippen molar-refractivity contribution in [3.8, 4) is 11.3 Å². The zero-order chi connectivity index (χ0) is 24.2. The molecule has 0 aliphatic rings. The number of halogens is 1. The first-order chi connectivity index (χ1) is 16.4. The highest BCUT2D eigenvalue weighted by Crippen LogP contribution is 2.31. The van der Waals surface area contributed by atoms with Crippen LogP contribution >= 0.6 is 0 Å².